The Bertz CT molecular complexity index is 451. The van der Waals surface area contributed by atoms with E-state index in [4.69, 9.17) is 0 Å². The van der Waals surface area contributed by atoms with Crippen molar-refractivity contribution in [2.45, 2.75) is 37.4 Å². The molecule has 0 bridgehead atoms. The summed E-state index contributed by atoms with van der Waals surface area (Å²) in [6.45, 7) is 1.94. The van der Waals surface area contributed by atoms with Crippen molar-refractivity contribution in [2.75, 3.05) is 5.75 Å². The van der Waals surface area contributed by atoms with Crippen molar-refractivity contribution < 1.29 is 4.21 Å². The molecule has 96 valence electrons. The Morgan fingerprint density at radius 3 is 2.67 bits per heavy atom. The van der Waals surface area contributed by atoms with E-state index < -0.39 is 10.8 Å². The number of hydrogen-bond donors (Lipinski definition) is 0. The maximum atomic E-state index is 12.1. The Balaban J connectivity index is 2.15. The number of rotatable bonds is 3. The smallest absolute Gasteiger partial charge is 0.0668 e. The molecule has 0 saturated heterocycles. The average molecular weight is 261 g/mol. The summed E-state index contributed by atoms with van der Waals surface area (Å²) in [7, 11) is -0.860. The van der Waals surface area contributed by atoms with Crippen molar-refractivity contribution in [3.05, 3.63) is 35.9 Å². The van der Waals surface area contributed by atoms with Crippen LogP contribution in [0.25, 0.3) is 0 Å². The second kappa shape index (κ2) is 6.15. The van der Waals surface area contributed by atoms with Crippen LogP contribution in [-0.4, -0.2) is 15.2 Å². The first kappa shape index (κ1) is 13.3. The van der Waals surface area contributed by atoms with Crippen molar-refractivity contribution in [3.8, 4) is 6.07 Å². The van der Waals surface area contributed by atoms with Gasteiger partial charge >= 0.3 is 0 Å². The molecule has 0 aromatic heterocycles. The molecule has 4 atom stereocenters. The van der Waals surface area contributed by atoms with Crippen molar-refractivity contribution in [1.29, 1.82) is 5.26 Å². The Kier molecular flexibility index (Phi) is 4.54. The molecule has 4 unspecified atom stereocenters. The molecule has 2 rings (SSSR count). The highest BCUT2D eigenvalue weighted by atomic mass is 32.2. The lowest BCUT2D eigenvalue weighted by atomic mass is 9.79. The van der Waals surface area contributed by atoms with Crippen molar-refractivity contribution in [1.82, 2.24) is 0 Å². The predicted molar refractivity (Wildman–Crippen MR) is 74.6 cm³/mol. The van der Waals surface area contributed by atoms with Crippen LogP contribution in [0.2, 0.25) is 0 Å². The van der Waals surface area contributed by atoms with E-state index in [0.29, 0.717) is 11.7 Å². The molecule has 1 aliphatic carbocycles. The molecule has 18 heavy (non-hydrogen) atoms. The van der Waals surface area contributed by atoms with Crippen molar-refractivity contribution in [2.24, 2.45) is 5.92 Å². The maximum Gasteiger partial charge on any atom is 0.0668 e. The molecule has 0 radical (unpaired) electrons. The van der Waals surface area contributed by atoms with E-state index in [9.17, 15) is 9.47 Å². The third-order valence-corrected chi connectivity index (χ3v) is 5.62. The summed E-state index contributed by atoms with van der Waals surface area (Å²) < 4.78 is 12.1. The summed E-state index contributed by atoms with van der Waals surface area (Å²) in [5.41, 5.74) is 1.33. The fraction of sp³-hybridized carbons (Fsp3) is 0.533. The number of benzene rings is 1. The first-order valence-electron chi connectivity index (χ1n) is 6.58. The minimum Gasteiger partial charge on any atom is -0.259 e. The lowest BCUT2D eigenvalue weighted by Gasteiger charge is -2.32. The summed E-state index contributed by atoms with van der Waals surface area (Å²) in [5.74, 6) is 1.10. The summed E-state index contributed by atoms with van der Waals surface area (Å²) in [4.78, 5) is 0. The van der Waals surface area contributed by atoms with Crippen LogP contribution in [-0.2, 0) is 10.8 Å². The SMILES string of the molecule is CCS(=O)C1CC(c2ccccc2)CCC1C#N. The minimum atomic E-state index is -0.860. The predicted octanol–water partition coefficient (Wildman–Crippen LogP) is 3.23. The minimum absolute atomic E-state index is 0.0225. The molecule has 0 amide bonds. The van der Waals surface area contributed by atoms with Crippen LogP contribution in [0, 0.1) is 17.2 Å². The van der Waals surface area contributed by atoms with Gasteiger partial charge in [-0.05, 0) is 30.7 Å². The first-order valence-corrected chi connectivity index (χ1v) is 7.96. The summed E-state index contributed by atoms with van der Waals surface area (Å²) in [6.07, 6.45) is 2.81. The maximum absolute atomic E-state index is 12.1. The summed E-state index contributed by atoms with van der Waals surface area (Å²) in [5, 5.41) is 9.23. The molecule has 1 aromatic carbocycles. The van der Waals surface area contributed by atoms with Gasteiger partial charge in [0.25, 0.3) is 0 Å². The number of nitrogens with zero attached hydrogens (tertiary/aromatic N) is 1. The molecule has 0 aliphatic heterocycles. The van der Waals surface area contributed by atoms with Gasteiger partial charge in [-0.3, -0.25) is 4.21 Å². The second-order valence-electron chi connectivity index (χ2n) is 4.86. The quantitative estimate of drug-likeness (QED) is 0.838. The lowest BCUT2D eigenvalue weighted by Crippen LogP contribution is -2.32. The zero-order valence-corrected chi connectivity index (χ0v) is 11.5. The van der Waals surface area contributed by atoms with Gasteiger partial charge in [-0.15, -0.1) is 0 Å². The molecular formula is C15H19NOS. The highest BCUT2D eigenvalue weighted by molar-refractivity contribution is 7.85. The van der Waals surface area contributed by atoms with Crippen molar-refractivity contribution >= 4 is 10.8 Å². The normalized spacial score (nSPS) is 29.4. The van der Waals surface area contributed by atoms with Gasteiger partial charge in [0.2, 0.25) is 0 Å². The fourth-order valence-electron chi connectivity index (χ4n) is 2.81. The zero-order valence-electron chi connectivity index (χ0n) is 10.7. The molecule has 0 N–H and O–H groups in total. The van der Waals surface area contributed by atoms with Gasteiger partial charge in [0.05, 0.1) is 17.2 Å². The van der Waals surface area contributed by atoms with E-state index in [1.807, 2.05) is 13.0 Å². The van der Waals surface area contributed by atoms with Gasteiger partial charge < -0.3 is 0 Å². The summed E-state index contributed by atoms with van der Waals surface area (Å²) in [6, 6.07) is 12.8. The van der Waals surface area contributed by atoms with E-state index >= 15 is 0 Å². The van der Waals surface area contributed by atoms with Crippen LogP contribution in [0.1, 0.15) is 37.7 Å². The molecule has 0 heterocycles. The molecule has 1 saturated carbocycles. The molecule has 1 fully saturated rings. The van der Waals surface area contributed by atoms with E-state index in [2.05, 4.69) is 30.3 Å². The van der Waals surface area contributed by atoms with Crippen LogP contribution in [0.3, 0.4) is 0 Å². The summed E-state index contributed by atoms with van der Waals surface area (Å²) >= 11 is 0. The second-order valence-corrected chi connectivity index (χ2v) is 6.81. The largest absolute Gasteiger partial charge is 0.259 e. The van der Waals surface area contributed by atoms with Crippen LogP contribution < -0.4 is 0 Å². The highest BCUT2D eigenvalue weighted by Crippen LogP contribution is 2.37. The molecule has 0 spiro atoms. The number of hydrogen-bond acceptors (Lipinski definition) is 2. The topological polar surface area (TPSA) is 40.9 Å². The molecule has 1 aromatic rings. The number of nitriles is 1. The molecule has 3 heteroatoms. The van der Waals surface area contributed by atoms with Gasteiger partial charge in [-0.25, -0.2) is 0 Å². The van der Waals surface area contributed by atoms with Crippen LogP contribution in [0.15, 0.2) is 30.3 Å². The molecule has 1 aliphatic rings. The Morgan fingerprint density at radius 1 is 1.33 bits per heavy atom. The van der Waals surface area contributed by atoms with Crippen LogP contribution in [0.4, 0.5) is 0 Å². The van der Waals surface area contributed by atoms with Gasteiger partial charge in [-0.2, -0.15) is 5.26 Å². The lowest BCUT2D eigenvalue weighted by molar-refractivity contribution is 0.387. The monoisotopic (exact) mass is 261 g/mol. The van der Waals surface area contributed by atoms with Gasteiger partial charge in [0.15, 0.2) is 0 Å². The Labute approximate surface area is 111 Å². The third kappa shape index (κ3) is 2.81. The Morgan fingerprint density at radius 2 is 2.06 bits per heavy atom. The van der Waals surface area contributed by atoms with Crippen molar-refractivity contribution in [3.63, 3.8) is 0 Å². The Hall–Kier alpha value is -1.14. The standard InChI is InChI=1S/C15H19NOS/c1-2-18(17)15-10-13(8-9-14(15)11-16)12-6-4-3-5-7-12/h3-7,13-15H,2,8-10H2,1H3. The molecule has 2 nitrogen and oxygen atoms in total. The van der Waals surface area contributed by atoms with E-state index in [-0.39, 0.29) is 11.2 Å². The van der Waals surface area contributed by atoms with E-state index in [0.717, 1.165) is 19.3 Å². The highest BCUT2D eigenvalue weighted by Gasteiger charge is 2.34. The van der Waals surface area contributed by atoms with Gasteiger partial charge in [-0.1, -0.05) is 37.3 Å². The average Bonchev–Trinajstić information content (AvgIpc) is 2.46. The van der Waals surface area contributed by atoms with Crippen LogP contribution in [0.5, 0.6) is 0 Å². The first-order chi connectivity index (χ1) is 8.76. The van der Waals surface area contributed by atoms with Gasteiger partial charge in [0, 0.05) is 16.6 Å². The van der Waals surface area contributed by atoms with E-state index in [1.54, 1.807) is 0 Å². The molecular weight excluding hydrogens is 242 g/mol. The zero-order chi connectivity index (χ0) is 13.0. The van der Waals surface area contributed by atoms with Crippen LogP contribution >= 0.6 is 0 Å². The van der Waals surface area contributed by atoms with E-state index in [1.165, 1.54) is 5.56 Å². The third-order valence-electron chi connectivity index (χ3n) is 3.85. The van der Waals surface area contributed by atoms with Gasteiger partial charge in [0.1, 0.15) is 0 Å². The fourth-order valence-corrected chi connectivity index (χ4v) is 4.25.